The Morgan fingerprint density at radius 2 is 1.71 bits per heavy atom. The highest BCUT2D eigenvalue weighted by atomic mass is 16.5. The Labute approximate surface area is 141 Å². The number of rotatable bonds is 7. The van der Waals surface area contributed by atoms with E-state index in [-0.39, 0.29) is 5.91 Å². The zero-order chi connectivity index (χ0) is 17.4. The van der Waals surface area contributed by atoms with Gasteiger partial charge in [0.05, 0.1) is 13.7 Å². The first-order valence-electron chi connectivity index (χ1n) is 7.79. The molecule has 0 radical (unpaired) electrons. The number of amides is 1. The lowest BCUT2D eigenvalue weighted by Crippen LogP contribution is -2.43. The SMILES string of the molecule is CCOc1ccc(CC(NC(=O)c2ccccc2)C(=O)OC)cc1. The summed E-state index contributed by atoms with van der Waals surface area (Å²) in [5.74, 6) is -0.0192. The van der Waals surface area contributed by atoms with Crippen molar-refractivity contribution in [1.82, 2.24) is 5.32 Å². The van der Waals surface area contributed by atoms with Crippen LogP contribution in [-0.4, -0.2) is 31.6 Å². The molecule has 2 aromatic carbocycles. The Balaban J connectivity index is 2.08. The lowest BCUT2D eigenvalue weighted by molar-refractivity contribution is -0.142. The van der Waals surface area contributed by atoms with E-state index in [1.165, 1.54) is 7.11 Å². The number of methoxy groups -OCH3 is 1. The van der Waals surface area contributed by atoms with Gasteiger partial charge < -0.3 is 14.8 Å². The maximum atomic E-state index is 12.3. The number of esters is 1. The monoisotopic (exact) mass is 327 g/mol. The zero-order valence-electron chi connectivity index (χ0n) is 13.8. The number of hydrogen-bond acceptors (Lipinski definition) is 4. The Kier molecular flexibility index (Phi) is 6.37. The van der Waals surface area contributed by atoms with Gasteiger partial charge in [-0.25, -0.2) is 4.79 Å². The van der Waals surface area contributed by atoms with E-state index >= 15 is 0 Å². The molecule has 0 aliphatic rings. The van der Waals surface area contributed by atoms with Gasteiger partial charge in [0, 0.05) is 12.0 Å². The van der Waals surface area contributed by atoms with Crippen LogP contribution in [0.15, 0.2) is 54.6 Å². The van der Waals surface area contributed by atoms with Gasteiger partial charge in [-0.15, -0.1) is 0 Å². The fraction of sp³-hybridized carbons (Fsp3) is 0.263. The first kappa shape index (κ1) is 17.5. The van der Waals surface area contributed by atoms with Crippen molar-refractivity contribution in [3.05, 3.63) is 65.7 Å². The van der Waals surface area contributed by atoms with Gasteiger partial charge in [-0.2, -0.15) is 0 Å². The average Bonchev–Trinajstić information content (AvgIpc) is 2.63. The molecule has 5 nitrogen and oxygen atoms in total. The predicted octanol–water partition coefficient (Wildman–Crippen LogP) is 2.60. The minimum absolute atomic E-state index is 0.308. The van der Waals surface area contributed by atoms with Crippen LogP contribution in [0.25, 0.3) is 0 Å². The van der Waals surface area contributed by atoms with Crippen molar-refractivity contribution in [2.24, 2.45) is 0 Å². The summed E-state index contributed by atoms with van der Waals surface area (Å²) in [5, 5.41) is 2.73. The fourth-order valence-corrected chi connectivity index (χ4v) is 2.29. The summed E-state index contributed by atoms with van der Waals surface area (Å²) < 4.78 is 10.2. The largest absolute Gasteiger partial charge is 0.494 e. The molecular weight excluding hydrogens is 306 g/mol. The molecule has 1 atom stereocenters. The normalized spacial score (nSPS) is 11.4. The molecule has 1 amide bonds. The van der Waals surface area contributed by atoms with Crippen molar-refractivity contribution in [2.45, 2.75) is 19.4 Å². The topological polar surface area (TPSA) is 64.6 Å². The molecule has 0 aliphatic carbocycles. The van der Waals surface area contributed by atoms with Gasteiger partial charge in [-0.05, 0) is 36.8 Å². The van der Waals surface area contributed by atoms with Crippen LogP contribution in [0.1, 0.15) is 22.8 Å². The first-order chi connectivity index (χ1) is 11.6. The standard InChI is InChI=1S/C19H21NO4/c1-3-24-16-11-9-14(10-12-16)13-17(19(22)23-2)20-18(21)15-7-5-4-6-8-15/h4-12,17H,3,13H2,1-2H3,(H,20,21). The highest BCUT2D eigenvalue weighted by Crippen LogP contribution is 2.14. The lowest BCUT2D eigenvalue weighted by Gasteiger charge is -2.17. The predicted molar refractivity (Wildman–Crippen MR) is 91.0 cm³/mol. The Morgan fingerprint density at radius 3 is 2.29 bits per heavy atom. The number of carbonyl (C=O) groups excluding carboxylic acids is 2. The Bertz CT molecular complexity index is 668. The molecule has 2 rings (SSSR count). The van der Waals surface area contributed by atoms with Gasteiger partial charge in [-0.3, -0.25) is 4.79 Å². The zero-order valence-corrected chi connectivity index (χ0v) is 13.8. The molecule has 0 fully saturated rings. The summed E-state index contributed by atoms with van der Waals surface area (Å²) in [6.45, 7) is 2.51. The van der Waals surface area contributed by atoms with Crippen molar-refractivity contribution in [1.29, 1.82) is 0 Å². The van der Waals surface area contributed by atoms with Crippen molar-refractivity contribution in [3.63, 3.8) is 0 Å². The number of nitrogens with one attached hydrogen (secondary N) is 1. The van der Waals surface area contributed by atoms with Gasteiger partial charge >= 0.3 is 5.97 Å². The maximum Gasteiger partial charge on any atom is 0.328 e. The highest BCUT2D eigenvalue weighted by molar-refractivity contribution is 5.96. The molecule has 0 heterocycles. The molecule has 0 spiro atoms. The second kappa shape index (κ2) is 8.72. The van der Waals surface area contributed by atoms with Crippen molar-refractivity contribution >= 4 is 11.9 Å². The van der Waals surface area contributed by atoms with Gasteiger partial charge in [0.15, 0.2) is 0 Å². The van der Waals surface area contributed by atoms with E-state index in [1.54, 1.807) is 24.3 Å². The molecule has 5 heteroatoms. The third-order valence-electron chi connectivity index (χ3n) is 3.50. The van der Waals surface area contributed by atoms with Gasteiger partial charge in [0.2, 0.25) is 0 Å². The number of ether oxygens (including phenoxy) is 2. The van der Waals surface area contributed by atoms with Crippen LogP contribution in [0.2, 0.25) is 0 Å². The summed E-state index contributed by atoms with van der Waals surface area (Å²) in [6.07, 6.45) is 0.345. The molecule has 0 saturated carbocycles. The molecule has 1 N–H and O–H groups in total. The first-order valence-corrected chi connectivity index (χ1v) is 7.79. The van der Waals surface area contributed by atoms with Crippen LogP contribution < -0.4 is 10.1 Å². The lowest BCUT2D eigenvalue weighted by atomic mass is 10.1. The second-order valence-corrected chi connectivity index (χ2v) is 5.20. The second-order valence-electron chi connectivity index (χ2n) is 5.20. The van der Waals surface area contributed by atoms with Crippen LogP contribution in [0.5, 0.6) is 5.75 Å². The molecule has 0 aromatic heterocycles. The molecule has 24 heavy (non-hydrogen) atoms. The highest BCUT2D eigenvalue weighted by Gasteiger charge is 2.22. The number of carbonyl (C=O) groups is 2. The Morgan fingerprint density at radius 1 is 1.04 bits per heavy atom. The van der Waals surface area contributed by atoms with Crippen molar-refractivity contribution in [3.8, 4) is 5.75 Å². The average molecular weight is 327 g/mol. The summed E-state index contributed by atoms with van der Waals surface area (Å²) in [4.78, 5) is 24.3. The van der Waals surface area contributed by atoms with E-state index in [4.69, 9.17) is 9.47 Å². The van der Waals surface area contributed by atoms with Crippen LogP contribution in [0.3, 0.4) is 0 Å². The van der Waals surface area contributed by atoms with E-state index in [0.717, 1.165) is 11.3 Å². The minimum atomic E-state index is -0.749. The fourth-order valence-electron chi connectivity index (χ4n) is 2.29. The Hall–Kier alpha value is -2.82. The molecule has 0 saturated heterocycles. The smallest absolute Gasteiger partial charge is 0.328 e. The van der Waals surface area contributed by atoms with E-state index in [0.29, 0.717) is 18.6 Å². The summed E-state index contributed by atoms with van der Waals surface area (Å²) in [7, 11) is 1.31. The van der Waals surface area contributed by atoms with E-state index in [1.807, 2.05) is 37.3 Å². The van der Waals surface area contributed by atoms with Crippen LogP contribution in [0.4, 0.5) is 0 Å². The molecular formula is C19H21NO4. The summed E-state index contributed by atoms with van der Waals surface area (Å²) in [5.41, 5.74) is 1.40. The van der Waals surface area contributed by atoms with Crippen molar-refractivity contribution in [2.75, 3.05) is 13.7 Å². The molecule has 2 aromatic rings. The molecule has 0 aliphatic heterocycles. The summed E-state index contributed by atoms with van der Waals surface area (Å²) >= 11 is 0. The van der Waals surface area contributed by atoms with E-state index in [2.05, 4.69) is 5.32 Å². The van der Waals surface area contributed by atoms with Gasteiger partial charge in [0.1, 0.15) is 11.8 Å². The third kappa shape index (κ3) is 4.84. The number of hydrogen-bond donors (Lipinski definition) is 1. The van der Waals surface area contributed by atoms with Crippen LogP contribution in [0, 0.1) is 0 Å². The number of benzene rings is 2. The van der Waals surface area contributed by atoms with E-state index in [9.17, 15) is 9.59 Å². The van der Waals surface area contributed by atoms with Gasteiger partial charge in [0.25, 0.3) is 5.91 Å². The van der Waals surface area contributed by atoms with Crippen LogP contribution in [-0.2, 0) is 16.0 Å². The summed E-state index contributed by atoms with van der Waals surface area (Å²) in [6, 6.07) is 15.4. The molecule has 0 bridgehead atoms. The maximum absolute atomic E-state index is 12.3. The minimum Gasteiger partial charge on any atom is -0.494 e. The quantitative estimate of drug-likeness (QED) is 0.794. The van der Waals surface area contributed by atoms with Gasteiger partial charge in [-0.1, -0.05) is 30.3 Å². The van der Waals surface area contributed by atoms with E-state index < -0.39 is 12.0 Å². The van der Waals surface area contributed by atoms with Crippen LogP contribution >= 0.6 is 0 Å². The third-order valence-corrected chi connectivity index (χ3v) is 3.50. The molecule has 1 unspecified atom stereocenters. The molecule has 126 valence electrons. The van der Waals surface area contributed by atoms with Crippen molar-refractivity contribution < 1.29 is 19.1 Å².